The Bertz CT molecular complexity index is 857. The molecule has 2 N–H and O–H groups in total. The average molecular weight is 405 g/mol. The molecule has 1 aromatic heterocycles. The highest BCUT2D eigenvalue weighted by Gasteiger charge is 2.16. The maximum atomic E-state index is 12.3. The van der Waals surface area contributed by atoms with Crippen molar-refractivity contribution in [3.63, 3.8) is 0 Å². The summed E-state index contributed by atoms with van der Waals surface area (Å²) in [5.41, 5.74) is 1.14. The molecule has 7 nitrogen and oxygen atoms in total. The summed E-state index contributed by atoms with van der Waals surface area (Å²) in [6.07, 6.45) is 4.69. The minimum Gasteiger partial charge on any atom is -0.357 e. The van der Waals surface area contributed by atoms with Gasteiger partial charge in [0.2, 0.25) is 0 Å². The standard InChI is InChI=1S/C20H29ClN6O/c1-2-22-19(24-13-11-16-8-3-4-9-17(16)21)23-12-7-15-27-20(28)26-14-6-5-10-18(26)25-27/h3-4,8-9H,2,5-7,10-15H2,1H3,(H2,22,23,24). The summed E-state index contributed by atoms with van der Waals surface area (Å²) in [4.78, 5) is 16.9. The van der Waals surface area contributed by atoms with Crippen LogP contribution in [0.5, 0.6) is 0 Å². The Hall–Kier alpha value is -2.28. The molecule has 1 aliphatic heterocycles. The van der Waals surface area contributed by atoms with Gasteiger partial charge in [-0.15, -0.1) is 0 Å². The highest BCUT2D eigenvalue weighted by Crippen LogP contribution is 2.14. The first-order chi connectivity index (χ1) is 13.7. The van der Waals surface area contributed by atoms with Crippen molar-refractivity contribution in [1.29, 1.82) is 0 Å². The molecular weight excluding hydrogens is 376 g/mol. The van der Waals surface area contributed by atoms with Crippen LogP contribution in [0.3, 0.4) is 0 Å². The Morgan fingerprint density at radius 1 is 1.29 bits per heavy atom. The number of aromatic nitrogens is 3. The fourth-order valence-electron chi connectivity index (χ4n) is 3.36. The molecule has 28 heavy (non-hydrogen) atoms. The fourth-order valence-corrected chi connectivity index (χ4v) is 3.59. The molecule has 0 atom stereocenters. The van der Waals surface area contributed by atoms with E-state index >= 15 is 0 Å². The average Bonchev–Trinajstić information content (AvgIpc) is 3.02. The van der Waals surface area contributed by atoms with Crippen LogP contribution in [0.4, 0.5) is 0 Å². The monoisotopic (exact) mass is 404 g/mol. The molecule has 0 saturated carbocycles. The summed E-state index contributed by atoms with van der Waals surface area (Å²) in [6.45, 7) is 5.62. The zero-order chi connectivity index (χ0) is 19.8. The molecule has 0 radical (unpaired) electrons. The van der Waals surface area contributed by atoms with E-state index in [0.717, 1.165) is 74.1 Å². The van der Waals surface area contributed by atoms with Crippen LogP contribution in [-0.2, 0) is 25.9 Å². The SMILES string of the molecule is CCNC(=NCCCn1nc2n(c1=O)CCCC2)NCCc1ccccc1Cl. The zero-order valence-electron chi connectivity index (χ0n) is 16.5. The normalized spacial score (nSPS) is 14.0. The lowest BCUT2D eigenvalue weighted by Gasteiger charge is -2.11. The van der Waals surface area contributed by atoms with Crippen molar-refractivity contribution >= 4 is 17.6 Å². The quantitative estimate of drug-likeness (QED) is 0.402. The number of nitrogens with zero attached hydrogens (tertiary/aromatic N) is 4. The maximum Gasteiger partial charge on any atom is 0.345 e. The number of halogens is 1. The first kappa shape index (κ1) is 20.5. The summed E-state index contributed by atoms with van der Waals surface area (Å²) in [5.74, 6) is 1.71. The van der Waals surface area contributed by atoms with Gasteiger partial charge >= 0.3 is 5.69 Å². The van der Waals surface area contributed by atoms with Gasteiger partial charge in [0.05, 0.1) is 0 Å². The molecule has 152 valence electrons. The van der Waals surface area contributed by atoms with Crippen LogP contribution in [-0.4, -0.2) is 39.9 Å². The first-order valence-corrected chi connectivity index (χ1v) is 10.5. The van der Waals surface area contributed by atoms with E-state index in [1.165, 1.54) is 0 Å². The highest BCUT2D eigenvalue weighted by molar-refractivity contribution is 6.31. The molecule has 0 unspecified atom stereocenters. The Kier molecular flexibility index (Phi) is 7.54. The molecule has 3 rings (SSSR count). The van der Waals surface area contributed by atoms with E-state index in [1.54, 1.807) is 4.68 Å². The van der Waals surface area contributed by atoms with Crippen molar-refractivity contribution in [3.8, 4) is 0 Å². The topological polar surface area (TPSA) is 76.2 Å². The minimum absolute atomic E-state index is 0.0171. The molecule has 0 aliphatic carbocycles. The van der Waals surface area contributed by atoms with Gasteiger partial charge in [0.25, 0.3) is 0 Å². The fraction of sp³-hybridized carbons (Fsp3) is 0.550. The number of aryl methyl sites for hydroxylation is 2. The third-order valence-corrected chi connectivity index (χ3v) is 5.19. The molecule has 0 bridgehead atoms. The summed E-state index contributed by atoms with van der Waals surface area (Å²) in [5, 5.41) is 11.8. The van der Waals surface area contributed by atoms with Gasteiger partial charge in [-0.2, -0.15) is 5.10 Å². The van der Waals surface area contributed by atoms with E-state index in [-0.39, 0.29) is 5.69 Å². The van der Waals surface area contributed by atoms with Crippen LogP contribution >= 0.6 is 11.6 Å². The van der Waals surface area contributed by atoms with Gasteiger partial charge in [-0.25, -0.2) is 9.48 Å². The molecule has 0 amide bonds. The molecule has 2 heterocycles. The van der Waals surface area contributed by atoms with Crippen LogP contribution in [0.25, 0.3) is 0 Å². The Balaban J connectivity index is 1.47. The number of hydrogen-bond donors (Lipinski definition) is 2. The lowest BCUT2D eigenvalue weighted by molar-refractivity contribution is 0.509. The second kappa shape index (κ2) is 10.3. The van der Waals surface area contributed by atoms with Crippen molar-refractivity contribution < 1.29 is 0 Å². The van der Waals surface area contributed by atoms with E-state index in [0.29, 0.717) is 13.1 Å². The highest BCUT2D eigenvalue weighted by atomic mass is 35.5. The van der Waals surface area contributed by atoms with E-state index in [1.807, 2.05) is 35.8 Å². The van der Waals surface area contributed by atoms with Crippen molar-refractivity contribution in [2.75, 3.05) is 19.6 Å². The van der Waals surface area contributed by atoms with E-state index in [2.05, 4.69) is 20.7 Å². The second-order valence-electron chi connectivity index (χ2n) is 6.91. The Morgan fingerprint density at radius 2 is 2.14 bits per heavy atom. The van der Waals surface area contributed by atoms with Gasteiger partial charge in [-0.3, -0.25) is 9.56 Å². The summed E-state index contributed by atoms with van der Waals surface area (Å²) in [6, 6.07) is 7.88. The number of nitrogens with one attached hydrogen (secondary N) is 2. The summed E-state index contributed by atoms with van der Waals surface area (Å²) < 4.78 is 3.40. The molecule has 2 aromatic rings. The predicted molar refractivity (Wildman–Crippen MR) is 113 cm³/mol. The van der Waals surface area contributed by atoms with Gasteiger partial charge in [0, 0.05) is 44.2 Å². The van der Waals surface area contributed by atoms with Gasteiger partial charge in [-0.05, 0) is 44.2 Å². The van der Waals surface area contributed by atoms with Crippen molar-refractivity contribution in [3.05, 3.63) is 51.2 Å². The number of hydrogen-bond acceptors (Lipinski definition) is 3. The predicted octanol–water partition coefficient (Wildman–Crippen LogP) is 2.22. The maximum absolute atomic E-state index is 12.3. The summed E-state index contributed by atoms with van der Waals surface area (Å²) >= 11 is 6.20. The van der Waals surface area contributed by atoms with Crippen LogP contribution in [0.2, 0.25) is 5.02 Å². The van der Waals surface area contributed by atoms with E-state index in [9.17, 15) is 4.79 Å². The number of guanidine groups is 1. The minimum atomic E-state index is 0.0171. The number of benzene rings is 1. The Morgan fingerprint density at radius 3 is 2.93 bits per heavy atom. The molecule has 0 fully saturated rings. The van der Waals surface area contributed by atoms with Crippen LogP contribution in [0.15, 0.2) is 34.1 Å². The third kappa shape index (κ3) is 5.38. The van der Waals surface area contributed by atoms with Gasteiger partial charge in [0.1, 0.15) is 5.82 Å². The number of fused-ring (bicyclic) bond motifs is 1. The largest absolute Gasteiger partial charge is 0.357 e. The van der Waals surface area contributed by atoms with E-state index in [4.69, 9.17) is 11.6 Å². The molecule has 0 saturated heterocycles. The van der Waals surface area contributed by atoms with Crippen LogP contribution in [0, 0.1) is 0 Å². The van der Waals surface area contributed by atoms with Crippen LogP contribution in [0.1, 0.15) is 37.6 Å². The zero-order valence-corrected chi connectivity index (χ0v) is 17.2. The van der Waals surface area contributed by atoms with Crippen molar-refractivity contribution in [1.82, 2.24) is 25.0 Å². The molecule has 1 aromatic carbocycles. The van der Waals surface area contributed by atoms with Gasteiger partial charge in [-0.1, -0.05) is 29.8 Å². The number of rotatable bonds is 8. The molecule has 0 spiro atoms. The van der Waals surface area contributed by atoms with Gasteiger partial charge in [0.15, 0.2) is 5.96 Å². The van der Waals surface area contributed by atoms with Gasteiger partial charge < -0.3 is 10.6 Å². The van der Waals surface area contributed by atoms with E-state index < -0.39 is 0 Å². The lowest BCUT2D eigenvalue weighted by Crippen LogP contribution is -2.38. The van der Waals surface area contributed by atoms with Crippen molar-refractivity contribution in [2.45, 2.75) is 52.1 Å². The van der Waals surface area contributed by atoms with Crippen LogP contribution < -0.4 is 16.3 Å². The molecule has 1 aliphatic rings. The lowest BCUT2D eigenvalue weighted by atomic mass is 10.1. The first-order valence-electron chi connectivity index (χ1n) is 10.1. The Labute approximate surface area is 170 Å². The second-order valence-corrected chi connectivity index (χ2v) is 7.32. The molecule has 8 heteroatoms. The molecular formula is C20H29ClN6O. The third-order valence-electron chi connectivity index (χ3n) is 4.82. The van der Waals surface area contributed by atoms with Crippen molar-refractivity contribution in [2.24, 2.45) is 4.99 Å². The summed E-state index contributed by atoms with van der Waals surface area (Å²) in [7, 11) is 0. The number of aliphatic imine (C=N–C) groups is 1. The smallest absolute Gasteiger partial charge is 0.345 e.